The summed E-state index contributed by atoms with van der Waals surface area (Å²) in [7, 11) is 0. The molecule has 129 heavy (non-hydrogen) atoms. The first kappa shape index (κ1) is 113. The summed E-state index contributed by atoms with van der Waals surface area (Å²) >= 11 is 0. The number of nitrogens with one attached hydrogen (secondary N) is 2. The molecule has 2 fully saturated rings. The van der Waals surface area contributed by atoms with Crippen LogP contribution in [-0.4, -0.2) is 313 Å². The topological polar surface area (TPSA) is 588 Å². The number of ketones is 15. The molecular formula is C86H113N5O38. The number of imide groups is 3. The van der Waals surface area contributed by atoms with E-state index in [2.05, 4.69) is 10.6 Å². The first-order valence-corrected chi connectivity index (χ1v) is 40.9. The van der Waals surface area contributed by atoms with Gasteiger partial charge in [0.25, 0.3) is 29.1 Å². The molecule has 43 heteroatoms. The Hall–Kier alpha value is -11.7. The summed E-state index contributed by atoms with van der Waals surface area (Å²) < 4.78 is 57.8. The first-order chi connectivity index (χ1) is 60.8. The third-order valence-corrected chi connectivity index (χ3v) is 19.8. The molecule has 3 aliphatic heterocycles. The molecule has 0 aromatic heterocycles. The number of hydrogen-bond acceptors (Lipinski definition) is 38. The van der Waals surface area contributed by atoms with E-state index in [1.807, 2.05) is 0 Å². The number of hydrogen-bond donors (Lipinski definition) is 2. The van der Waals surface area contributed by atoms with Gasteiger partial charge in [-0.25, -0.2) is 4.79 Å². The lowest BCUT2D eigenvalue weighted by molar-refractivity contribution is -0.198. The van der Waals surface area contributed by atoms with Crippen LogP contribution in [0.4, 0.5) is 5.69 Å². The molecule has 2 aromatic carbocycles. The molecule has 710 valence electrons. The number of ether oxygens (including phenoxy) is 11. The Bertz CT molecular complexity index is 4370. The van der Waals surface area contributed by atoms with E-state index in [1.54, 1.807) is 31.2 Å². The number of carbonyl (C=O) groups excluding carboxylic acids is 24. The zero-order chi connectivity index (χ0) is 97.5. The van der Waals surface area contributed by atoms with Gasteiger partial charge in [0.05, 0.1) is 138 Å². The van der Waals surface area contributed by atoms with E-state index in [0.29, 0.717) is 83.0 Å². The number of rotatable bonds is 63. The maximum atomic E-state index is 12.4. The second kappa shape index (κ2) is 57.3. The van der Waals surface area contributed by atoms with Crippen molar-refractivity contribution in [1.82, 2.24) is 20.2 Å². The van der Waals surface area contributed by atoms with Crippen molar-refractivity contribution < 1.29 is 172 Å². The molecular weight excluding hydrogens is 1710 g/mol. The minimum atomic E-state index is -2.41. The molecule has 2 N–H and O–H groups in total. The lowest BCUT2D eigenvalue weighted by atomic mass is 9.69. The van der Waals surface area contributed by atoms with Crippen molar-refractivity contribution >= 4 is 146 Å². The molecule has 0 saturated carbocycles. The summed E-state index contributed by atoms with van der Waals surface area (Å²) in [6.07, 6.45) is 2.90. The molecule has 3 aliphatic rings. The van der Waals surface area contributed by atoms with Crippen LogP contribution in [0.2, 0.25) is 0 Å². The largest absolute Gasteiger partial charge is 0.489 e. The molecule has 2 saturated heterocycles. The van der Waals surface area contributed by atoms with Crippen molar-refractivity contribution in [2.75, 3.05) is 164 Å². The fourth-order valence-corrected chi connectivity index (χ4v) is 13.1. The van der Waals surface area contributed by atoms with Gasteiger partial charge in [-0.15, -0.1) is 5.06 Å². The number of Topliss-reactive ketones (excluding diaryl/α,β-unsaturated/α-hetero) is 15. The van der Waals surface area contributed by atoms with Crippen LogP contribution in [0.25, 0.3) is 0 Å². The van der Waals surface area contributed by atoms with E-state index in [1.165, 1.54) is 17.1 Å². The second-order valence-corrected chi connectivity index (χ2v) is 28.7. The van der Waals surface area contributed by atoms with Crippen LogP contribution in [0.3, 0.4) is 0 Å². The normalized spacial score (nSPS) is 13.0. The average molecular weight is 1820 g/mol. The molecule has 5 rings (SSSR count). The molecule has 3 heterocycles. The fourth-order valence-electron chi connectivity index (χ4n) is 13.1. The van der Waals surface area contributed by atoms with Gasteiger partial charge >= 0.3 is 5.97 Å². The molecule has 0 atom stereocenters. The van der Waals surface area contributed by atoms with Gasteiger partial charge in [-0.1, -0.05) is 12.1 Å². The highest BCUT2D eigenvalue weighted by molar-refractivity contribution is 6.39. The summed E-state index contributed by atoms with van der Waals surface area (Å²) in [4.78, 5) is 313. The summed E-state index contributed by atoms with van der Waals surface area (Å²) in [5, 5.41) is 5.69. The highest BCUT2D eigenvalue weighted by Crippen LogP contribution is 2.33. The number of hydroxylamine groups is 2. The predicted octanol–water partition coefficient (Wildman–Crippen LogP) is -0.682. The molecule has 2 aromatic rings. The summed E-state index contributed by atoms with van der Waals surface area (Å²) in [5.74, 6) is -16.6. The lowest BCUT2D eigenvalue weighted by Gasteiger charge is -2.28. The smallest absolute Gasteiger partial charge is 0.335 e. The molecule has 0 spiro atoms. The van der Waals surface area contributed by atoms with E-state index in [4.69, 9.17) is 56.9 Å². The van der Waals surface area contributed by atoms with Crippen LogP contribution in [-0.2, 0) is 179 Å². The number of carbonyl (C=O) groups is 24. The SMILES string of the molecule is CC(=O)C(C(C)=O)(C(C)=O)C(=O)CCOCCOCCOCCOCCNC(=O)CCN1C(=O)C=CC1=O.CC(=O)C(C(C)=O)(C(C)=O)C(=O)CCOCCOCCOCCOCCOCCC(=O)ON1C(=O)CCC1=O.CC(=O)C(C(C)=O)(C(C)=O)C(=O)COCC(=O)Nc1ccc(CCC(=O)N2CCC2=O)cc1.CCOc1c(C(C(C)=O)(C(C)=O)C(C)=O)c(=O)c1=O. The minimum absolute atomic E-state index is 0.0196. The maximum absolute atomic E-state index is 12.4. The van der Waals surface area contributed by atoms with Crippen LogP contribution in [0, 0.1) is 16.2 Å². The summed E-state index contributed by atoms with van der Waals surface area (Å²) in [6, 6.07) is 6.71. The van der Waals surface area contributed by atoms with E-state index < -0.39 is 174 Å². The standard InChI is InChI=1S/C25H36N2O11.C25H37NO13.C23H26N2O8.C13H14O6/c1-18(28)25(19(2)29,20(3)30)21(31)7-10-35-12-14-37-16-17-38-15-13-36-11-8-26-22(32)6-9-27-23(33)4-5-24(27)34;1-18(27)25(19(2)28,20(3)29)21(30)6-8-34-10-12-36-14-16-38-17-15-37-13-11-35-9-7-24(33)39-26-22(31)4-5-23(26)32;1-14(26)23(15(2)27,16(3)28)19(29)12-33-13-20(30)24-18-7-4-17(5-8-18)6-9-21(31)25-11-10-22(25)32;1-5-19-12-9(10(17)11(12)18)13(6(2)14,7(3)15)8(4)16/h4-5H,6-17H2,1-3H3,(H,26,32);4-17H2,1-3H3;4-5,7-8H,6,9-13H2,1-3H3,(H,24,30);5H2,1-4H3. The van der Waals surface area contributed by atoms with Gasteiger partial charge in [-0.05, 0) is 114 Å². The van der Waals surface area contributed by atoms with Gasteiger partial charge in [0.1, 0.15) is 13.2 Å². The highest BCUT2D eigenvalue weighted by atomic mass is 16.7. The third kappa shape index (κ3) is 33.1. The number of nitrogens with zero attached hydrogens (tertiary/aromatic N) is 3. The second-order valence-electron chi connectivity index (χ2n) is 28.7. The van der Waals surface area contributed by atoms with Crippen molar-refractivity contribution in [3.63, 3.8) is 0 Å². The average Bonchev–Trinajstić information content (AvgIpc) is 1.19. The van der Waals surface area contributed by atoms with E-state index in [-0.39, 0.29) is 154 Å². The van der Waals surface area contributed by atoms with Gasteiger partial charge < -0.3 is 67.6 Å². The van der Waals surface area contributed by atoms with Gasteiger partial charge in [-0.2, -0.15) is 0 Å². The molecule has 0 bridgehead atoms. The zero-order valence-electron chi connectivity index (χ0n) is 74.7. The van der Waals surface area contributed by atoms with Crippen LogP contribution < -0.4 is 26.2 Å². The Balaban J connectivity index is 0.000000597. The molecule has 0 radical (unpaired) electrons. The van der Waals surface area contributed by atoms with Gasteiger partial charge in [0, 0.05) is 82.4 Å². The summed E-state index contributed by atoms with van der Waals surface area (Å²) in [6.45, 7) is 17.7. The Labute approximate surface area is 741 Å². The number of aryl methyl sites for hydroxylation is 1. The number of benzene rings is 1. The van der Waals surface area contributed by atoms with Crippen LogP contribution >= 0.6 is 0 Å². The Morgan fingerprint density at radius 3 is 1.09 bits per heavy atom. The Kier molecular flexibility index (Phi) is 50.4. The lowest BCUT2D eigenvalue weighted by Crippen LogP contribution is -2.56. The van der Waals surface area contributed by atoms with Crippen LogP contribution in [0.5, 0.6) is 5.75 Å². The van der Waals surface area contributed by atoms with Crippen molar-refractivity contribution in [3.8, 4) is 5.75 Å². The van der Waals surface area contributed by atoms with Gasteiger partial charge in [0.2, 0.25) is 45.3 Å². The highest BCUT2D eigenvalue weighted by Gasteiger charge is 2.56. The van der Waals surface area contributed by atoms with Crippen molar-refractivity contribution in [3.05, 3.63) is 68.0 Å². The van der Waals surface area contributed by atoms with Crippen LogP contribution in [0.15, 0.2) is 46.0 Å². The number of β-lactam (4-membered cyclic amide) rings is 1. The zero-order valence-corrected chi connectivity index (χ0v) is 74.7. The van der Waals surface area contributed by atoms with Crippen molar-refractivity contribution in [1.29, 1.82) is 0 Å². The minimum Gasteiger partial charge on any atom is -0.489 e. The number of anilines is 1. The molecule has 43 nitrogen and oxygen atoms in total. The molecule has 8 amide bonds. The quantitative estimate of drug-likeness (QED) is 0.0272. The van der Waals surface area contributed by atoms with Crippen molar-refractivity contribution in [2.45, 2.75) is 153 Å². The third-order valence-electron chi connectivity index (χ3n) is 19.8. The van der Waals surface area contributed by atoms with Crippen LogP contribution in [0.1, 0.15) is 153 Å². The fraction of sp³-hybridized carbons (Fsp3) is 0.581. The van der Waals surface area contributed by atoms with Gasteiger partial charge in [0.15, 0.2) is 97.9 Å². The van der Waals surface area contributed by atoms with Gasteiger partial charge in [-0.3, -0.25) is 130 Å². The maximum Gasteiger partial charge on any atom is 0.335 e. The Morgan fingerprint density at radius 2 is 0.736 bits per heavy atom. The Morgan fingerprint density at radius 1 is 0.372 bits per heavy atom. The number of amides is 8. The first-order valence-electron chi connectivity index (χ1n) is 40.9. The monoisotopic (exact) mass is 1820 g/mol. The number of likely N-dealkylation sites (tertiary alicyclic amines) is 1. The van der Waals surface area contributed by atoms with E-state index in [9.17, 15) is 125 Å². The molecule has 0 aliphatic carbocycles. The van der Waals surface area contributed by atoms with E-state index >= 15 is 0 Å². The summed E-state index contributed by atoms with van der Waals surface area (Å²) in [5.41, 5.74) is -10.2. The predicted molar refractivity (Wildman–Crippen MR) is 442 cm³/mol. The van der Waals surface area contributed by atoms with Crippen molar-refractivity contribution in [2.24, 2.45) is 16.2 Å². The molecule has 0 unspecified atom stereocenters. The van der Waals surface area contributed by atoms with E-state index in [0.717, 1.165) is 93.5 Å².